The number of carbonyl (C=O) groups is 6. The van der Waals surface area contributed by atoms with E-state index in [9.17, 15) is 28.8 Å². The zero-order valence-corrected chi connectivity index (χ0v) is 38.5. The molecule has 73 heavy (non-hydrogen) atoms. The van der Waals surface area contributed by atoms with E-state index in [4.69, 9.17) is 37.9 Å². The molecule has 14 nitrogen and oxygen atoms in total. The van der Waals surface area contributed by atoms with Crippen molar-refractivity contribution in [2.45, 2.75) is 18.3 Å². The molecule has 10 rings (SSSR count). The van der Waals surface area contributed by atoms with Crippen LogP contribution in [0.2, 0.25) is 0 Å². The number of fused-ring (bicyclic) bond motifs is 4. The van der Waals surface area contributed by atoms with Crippen LogP contribution in [0.15, 0.2) is 194 Å². The van der Waals surface area contributed by atoms with Gasteiger partial charge in [-0.15, -0.1) is 0 Å². The standard InChI is InChI=1S/C59H40O14/c60-53(37-19-7-1-8-20-37)68-45-35-43-47(51(72-57(64)41-27-15-5-16-28-41)49(45)70-55(62)39-23-11-3-12-24-39)59(31-33-66-43)32-34-67-44-36-46(69-54(61)38-21-9-2-10-22-38)50(71-56(63)40-25-13-4-14-26-40)52(48(44)59)73-58(65)42-29-17-6-18-30-42/h1-30,35-36H,31-34H2. The summed E-state index contributed by atoms with van der Waals surface area (Å²) >= 11 is 0. The summed E-state index contributed by atoms with van der Waals surface area (Å²) in [5.41, 5.74) is -0.704. The molecule has 0 amide bonds. The van der Waals surface area contributed by atoms with Crippen molar-refractivity contribution in [3.8, 4) is 46.0 Å². The van der Waals surface area contributed by atoms with Crippen LogP contribution < -0.4 is 37.9 Å². The molecule has 2 heterocycles. The van der Waals surface area contributed by atoms with Crippen LogP contribution in [0.5, 0.6) is 46.0 Å². The van der Waals surface area contributed by atoms with Crippen LogP contribution in [0.25, 0.3) is 0 Å². The highest BCUT2D eigenvalue weighted by Gasteiger charge is 2.52. The van der Waals surface area contributed by atoms with E-state index in [2.05, 4.69) is 0 Å². The Labute approximate surface area is 417 Å². The lowest BCUT2D eigenvalue weighted by Gasteiger charge is -2.44. The minimum atomic E-state index is -1.54. The minimum Gasteiger partial charge on any atom is -0.493 e. The van der Waals surface area contributed by atoms with Crippen LogP contribution in [-0.2, 0) is 5.41 Å². The van der Waals surface area contributed by atoms with E-state index in [0.717, 1.165) is 0 Å². The van der Waals surface area contributed by atoms with Gasteiger partial charge in [-0.3, -0.25) is 0 Å². The lowest BCUT2D eigenvalue weighted by atomic mass is 9.66. The number of hydrogen-bond acceptors (Lipinski definition) is 14. The number of benzene rings is 8. The highest BCUT2D eigenvalue weighted by atomic mass is 16.6. The maximum absolute atomic E-state index is 14.5. The third-order valence-corrected chi connectivity index (χ3v) is 12.1. The quantitative estimate of drug-likeness (QED) is 0.0834. The van der Waals surface area contributed by atoms with Crippen LogP contribution in [0.3, 0.4) is 0 Å². The summed E-state index contributed by atoms with van der Waals surface area (Å²) in [6.07, 6.45) is 0.0686. The summed E-state index contributed by atoms with van der Waals surface area (Å²) in [5.74, 6) is -7.79. The van der Waals surface area contributed by atoms with Gasteiger partial charge in [0, 0.05) is 17.5 Å². The Morgan fingerprint density at radius 3 is 0.808 bits per heavy atom. The van der Waals surface area contributed by atoms with Crippen molar-refractivity contribution in [1.29, 1.82) is 0 Å². The molecular weight excluding hydrogens is 933 g/mol. The topological polar surface area (TPSA) is 176 Å². The van der Waals surface area contributed by atoms with Crippen LogP contribution in [0.1, 0.15) is 86.1 Å². The molecule has 8 aromatic carbocycles. The zero-order chi connectivity index (χ0) is 50.3. The van der Waals surface area contributed by atoms with Crippen LogP contribution in [0, 0.1) is 0 Å². The molecule has 1 spiro atoms. The largest absolute Gasteiger partial charge is 0.493 e. The predicted molar refractivity (Wildman–Crippen MR) is 262 cm³/mol. The smallest absolute Gasteiger partial charge is 0.343 e. The van der Waals surface area contributed by atoms with Crippen molar-refractivity contribution in [1.82, 2.24) is 0 Å². The van der Waals surface area contributed by atoms with Gasteiger partial charge in [-0.1, -0.05) is 109 Å². The molecule has 14 heteroatoms. The molecule has 0 radical (unpaired) electrons. The van der Waals surface area contributed by atoms with Crippen LogP contribution >= 0.6 is 0 Å². The van der Waals surface area contributed by atoms with E-state index in [1.165, 1.54) is 84.9 Å². The molecule has 0 unspecified atom stereocenters. The Morgan fingerprint density at radius 1 is 0.315 bits per heavy atom. The highest BCUT2D eigenvalue weighted by molar-refractivity contribution is 5.98. The Hall–Kier alpha value is -9.82. The maximum atomic E-state index is 14.5. The lowest BCUT2D eigenvalue weighted by Crippen LogP contribution is -2.40. The SMILES string of the molecule is O=C(Oc1cc2c(c(OC(=O)c3ccccc3)c1OC(=O)c1ccccc1)C1(CCO2)CCOc2cc(OC(=O)c3ccccc3)c(OC(=O)c3ccccc3)c(OC(=O)c3ccccc3)c21)c1ccccc1. The van der Waals surface area contributed by atoms with Gasteiger partial charge in [-0.2, -0.15) is 0 Å². The summed E-state index contributed by atoms with van der Waals surface area (Å²) in [7, 11) is 0. The summed E-state index contributed by atoms with van der Waals surface area (Å²) in [6.45, 7) is -0.104. The van der Waals surface area contributed by atoms with E-state index < -0.39 is 64.2 Å². The van der Waals surface area contributed by atoms with Gasteiger partial charge >= 0.3 is 35.8 Å². The van der Waals surface area contributed by atoms with Gasteiger partial charge in [0.2, 0.25) is 11.5 Å². The first-order valence-corrected chi connectivity index (χ1v) is 23.0. The summed E-state index contributed by atoms with van der Waals surface area (Å²) in [5, 5.41) is 0. The number of esters is 6. The molecule has 0 atom stereocenters. The van der Waals surface area contributed by atoms with Crippen LogP contribution in [0.4, 0.5) is 0 Å². The van der Waals surface area contributed by atoms with E-state index in [-0.39, 0.29) is 93.6 Å². The Bertz CT molecular complexity index is 3150. The molecule has 0 N–H and O–H groups in total. The summed E-state index contributed by atoms with van der Waals surface area (Å²) in [4.78, 5) is 85.4. The first kappa shape index (κ1) is 46.9. The second kappa shape index (κ2) is 20.6. The fourth-order valence-corrected chi connectivity index (χ4v) is 8.65. The average molecular weight is 973 g/mol. The lowest BCUT2D eigenvalue weighted by molar-refractivity contribution is 0.0643. The monoisotopic (exact) mass is 972 g/mol. The number of rotatable bonds is 12. The van der Waals surface area contributed by atoms with E-state index in [0.29, 0.717) is 0 Å². The van der Waals surface area contributed by atoms with Crippen LogP contribution in [-0.4, -0.2) is 49.0 Å². The van der Waals surface area contributed by atoms with E-state index in [1.807, 2.05) is 0 Å². The molecule has 0 aliphatic carbocycles. The van der Waals surface area contributed by atoms with Crippen molar-refractivity contribution in [3.05, 3.63) is 239 Å². The molecule has 2 aliphatic rings. The molecule has 2 aliphatic heterocycles. The number of ether oxygens (including phenoxy) is 8. The Kier molecular flexibility index (Phi) is 13.3. The van der Waals surface area contributed by atoms with Crippen molar-refractivity contribution in [2.24, 2.45) is 0 Å². The molecule has 0 bridgehead atoms. The van der Waals surface area contributed by atoms with Gasteiger partial charge in [0.15, 0.2) is 23.0 Å². The predicted octanol–water partition coefficient (Wildman–Crippen LogP) is 10.9. The summed E-state index contributed by atoms with van der Waals surface area (Å²) < 4.78 is 50.2. The molecule has 0 saturated carbocycles. The Balaban J connectivity index is 1.25. The molecular formula is C59H40O14. The maximum Gasteiger partial charge on any atom is 0.343 e. The normalized spacial score (nSPS) is 12.8. The molecule has 360 valence electrons. The van der Waals surface area contributed by atoms with Gasteiger partial charge in [0.25, 0.3) is 0 Å². The molecule has 0 fully saturated rings. The fourth-order valence-electron chi connectivity index (χ4n) is 8.65. The first-order valence-electron chi connectivity index (χ1n) is 23.0. The van der Waals surface area contributed by atoms with Gasteiger partial charge in [0.1, 0.15) is 11.5 Å². The molecule has 0 aromatic heterocycles. The number of hydrogen-bond donors (Lipinski definition) is 0. The summed E-state index contributed by atoms with van der Waals surface area (Å²) in [6, 6.07) is 50.9. The van der Waals surface area contributed by atoms with E-state index in [1.54, 1.807) is 109 Å². The van der Waals surface area contributed by atoms with Crippen molar-refractivity contribution >= 4 is 35.8 Å². The molecule has 8 aromatic rings. The van der Waals surface area contributed by atoms with Crippen molar-refractivity contribution < 1.29 is 66.7 Å². The average Bonchev–Trinajstić information content (AvgIpc) is 3.43. The van der Waals surface area contributed by atoms with Gasteiger partial charge in [-0.05, 0) is 85.6 Å². The first-order chi connectivity index (χ1) is 35.7. The third-order valence-electron chi connectivity index (χ3n) is 12.1. The van der Waals surface area contributed by atoms with Gasteiger partial charge in [-0.25, -0.2) is 28.8 Å². The fraction of sp³-hybridized carbons (Fsp3) is 0.0847. The second-order valence-corrected chi connectivity index (χ2v) is 16.6. The second-order valence-electron chi connectivity index (χ2n) is 16.6. The molecule has 0 saturated heterocycles. The van der Waals surface area contributed by atoms with Crippen molar-refractivity contribution in [2.75, 3.05) is 13.2 Å². The van der Waals surface area contributed by atoms with Gasteiger partial charge < -0.3 is 37.9 Å². The van der Waals surface area contributed by atoms with Crippen molar-refractivity contribution in [3.63, 3.8) is 0 Å². The third kappa shape index (κ3) is 9.72. The zero-order valence-electron chi connectivity index (χ0n) is 38.5. The Morgan fingerprint density at radius 2 is 0.548 bits per heavy atom. The minimum absolute atomic E-state index is 0.00748. The van der Waals surface area contributed by atoms with Gasteiger partial charge in [0.05, 0.1) is 57.7 Å². The van der Waals surface area contributed by atoms with E-state index >= 15 is 0 Å². The highest BCUT2D eigenvalue weighted by Crippen LogP contribution is 2.63. The number of carbonyl (C=O) groups excluding carboxylic acids is 6.